The average Bonchev–Trinajstić information content (AvgIpc) is 2.73. The third-order valence-corrected chi connectivity index (χ3v) is 3.40. The van der Waals surface area contributed by atoms with E-state index in [9.17, 15) is 22.8 Å². The van der Waals surface area contributed by atoms with Gasteiger partial charge in [-0.15, -0.1) is 0 Å². The summed E-state index contributed by atoms with van der Waals surface area (Å²) in [5.41, 5.74) is 4.62. The minimum atomic E-state index is -4.56. The van der Waals surface area contributed by atoms with Crippen molar-refractivity contribution in [3.63, 3.8) is 0 Å². The number of halogens is 3. The van der Waals surface area contributed by atoms with Gasteiger partial charge in [0, 0.05) is 14.1 Å². The van der Waals surface area contributed by atoms with Crippen LogP contribution in [0, 0.1) is 0 Å². The van der Waals surface area contributed by atoms with Gasteiger partial charge in [0.1, 0.15) is 13.1 Å². The lowest BCUT2D eigenvalue weighted by atomic mass is 9.97. The molecule has 0 bridgehead atoms. The van der Waals surface area contributed by atoms with E-state index in [-0.39, 0.29) is 0 Å². The van der Waals surface area contributed by atoms with E-state index >= 15 is 0 Å². The summed E-state index contributed by atoms with van der Waals surface area (Å²) >= 11 is 0. The molecule has 0 unspecified atom stereocenters. The molecule has 116 valence electrons. The molecular formula is C12H20F3N3O2. The van der Waals surface area contributed by atoms with Gasteiger partial charge in [0.25, 0.3) is 0 Å². The molecule has 1 rings (SSSR count). The summed E-state index contributed by atoms with van der Waals surface area (Å²) in [6, 6.07) is 0. The van der Waals surface area contributed by atoms with Crippen LogP contribution in [-0.2, 0) is 9.59 Å². The van der Waals surface area contributed by atoms with Crippen molar-refractivity contribution in [3.8, 4) is 0 Å². The van der Waals surface area contributed by atoms with E-state index in [2.05, 4.69) is 0 Å². The summed E-state index contributed by atoms with van der Waals surface area (Å²) in [4.78, 5) is 25.5. The first-order valence-corrected chi connectivity index (χ1v) is 6.40. The molecule has 5 nitrogen and oxygen atoms in total. The van der Waals surface area contributed by atoms with Crippen LogP contribution in [0.2, 0.25) is 0 Å². The molecule has 0 radical (unpaired) electrons. The molecule has 1 aliphatic carbocycles. The van der Waals surface area contributed by atoms with Gasteiger partial charge >= 0.3 is 6.18 Å². The van der Waals surface area contributed by atoms with E-state index in [4.69, 9.17) is 5.73 Å². The SMILES string of the molecule is CN(C)C(=O)CN(CC(F)(F)F)C(=O)C1(N)CCCC1. The van der Waals surface area contributed by atoms with Gasteiger partial charge in [-0.05, 0) is 12.8 Å². The van der Waals surface area contributed by atoms with Gasteiger partial charge in [0.2, 0.25) is 11.8 Å². The second-order valence-electron chi connectivity index (χ2n) is 5.43. The highest BCUT2D eigenvalue weighted by molar-refractivity contribution is 5.90. The molecule has 8 heteroatoms. The van der Waals surface area contributed by atoms with Crippen molar-refractivity contribution in [2.24, 2.45) is 5.73 Å². The van der Waals surface area contributed by atoms with Crippen LogP contribution in [0.25, 0.3) is 0 Å². The van der Waals surface area contributed by atoms with E-state index in [1.165, 1.54) is 14.1 Å². The normalized spacial score (nSPS) is 17.9. The van der Waals surface area contributed by atoms with Gasteiger partial charge in [0.05, 0.1) is 5.54 Å². The number of amides is 2. The summed E-state index contributed by atoms with van der Waals surface area (Å²) in [6.45, 7) is -2.06. The lowest BCUT2D eigenvalue weighted by molar-refractivity contribution is -0.167. The first-order valence-electron chi connectivity index (χ1n) is 6.40. The van der Waals surface area contributed by atoms with Gasteiger partial charge < -0.3 is 15.5 Å². The lowest BCUT2D eigenvalue weighted by Gasteiger charge is -2.32. The minimum Gasteiger partial charge on any atom is -0.347 e. The number of likely N-dealkylation sites (N-methyl/N-ethyl adjacent to an activating group) is 1. The van der Waals surface area contributed by atoms with Crippen molar-refractivity contribution in [1.29, 1.82) is 0 Å². The number of rotatable bonds is 4. The molecule has 1 saturated carbocycles. The Morgan fingerprint density at radius 3 is 2.10 bits per heavy atom. The van der Waals surface area contributed by atoms with Crippen molar-refractivity contribution in [2.45, 2.75) is 37.4 Å². The third-order valence-electron chi connectivity index (χ3n) is 3.40. The zero-order valence-corrected chi connectivity index (χ0v) is 11.7. The van der Waals surface area contributed by atoms with Crippen LogP contribution in [0.5, 0.6) is 0 Å². The van der Waals surface area contributed by atoms with E-state index in [1.54, 1.807) is 0 Å². The summed E-state index contributed by atoms with van der Waals surface area (Å²) in [5, 5.41) is 0. The Morgan fingerprint density at radius 2 is 1.70 bits per heavy atom. The molecule has 20 heavy (non-hydrogen) atoms. The van der Waals surface area contributed by atoms with E-state index in [0.717, 1.165) is 4.90 Å². The predicted molar refractivity (Wildman–Crippen MR) is 66.7 cm³/mol. The van der Waals surface area contributed by atoms with Crippen molar-refractivity contribution in [3.05, 3.63) is 0 Å². The third kappa shape index (κ3) is 4.36. The zero-order chi connectivity index (χ0) is 15.6. The molecule has 2 amide bonds. The number of nitrogens with two attached hydrogens (primary N) is 1. The molecule has 1 fully saturated rings. The van der Waals surface area contributed by atoms with Gasteiger partial charge in [-0.1, -0.05) is 12.8 Å². The fourth-order valence-corrected chi connectivity index (χ4v) is 2.26. The lowest BCUT2D eigenvalue weighted by Crippen LogP contribution is -2.57. The summed E-state index contributed by atoms with van der Waals surface area (Å²) in [5.74, 6) is -1.35. The fraction of sp³-hybridized carbons (Fsp3) is 0.833. The number of carbonyl (C=O) groups excluding carboxylic acids is 2. The van der Waals surface area contributed by atoms with Crippen LogP contribution in [-0.4, -0.2) is 60.5 Å². The molecule has 1 aliphatic rings. The minimum absolute atomic E-state index is 0.357. The van der Waals surface area contributed by atoms with Crippen LogP contribution in [0.15, 0.2) is 0 Å². The summed E-state index contributed by atoms with van der Waals surface area (Å²) in [7, 11) is 2.85. The van der Waals surface area contributed by atoms with Crippen LogP contribution in [0.1, 0.15) is 25.7 Å². The number of hydrogen-bond donors (Lipinski definition) is 1. The fourth-order valence-electron chi connectivity index (χ4n) is 2.26. The van der Waals surface area contributed by atoms with Gasteiger partial charge in [-0.2, -0.15) is 13.2 Å². The Balaban J connectivity index is 2.86. The quantitative estimate of drug-likeness (QED) is 0.832. The predicted octanol–water partition coefficient (Wildman–Crippen LogP) is 0.737. The van der Waals surface area contributed by atoms with Crippen LogP contribution >= 0.6 is 0 Å². The van der Waals surface area contributed by atoms with Crippen molar-refractivity contribution < 1.29 is 22.8 Å². The van der Waals surface area contributed by atoms with Crippen LogP contribution < -0.4 is 5.73 Å². The number of carbonyl (C=O) groups is 2. The van der Waals surface area contributed by atoms with Crippen molar-refractivity contribution in [1.82, 2.24) is 9.80 Å². The highest BCUT2D eigenvalue weighted by atomic mass is 19.4. The van der Waals surface area contributed by atoms with Gasteiger partial charge in [-0.25, -0.2) is 0 Å². The molecule has 0 aromatic carbocycles. The van der Waals surface area contributed by atoms with Gasteiger partial charge in [-0.3, -0.25) is 9.59 Å². The topological polar surface area (TPSA) is 66.6 Å². The first kappa shape index (κ1) is 16.7. The Labute approximate surface area is 115 Å². The van der Waals surface area contributed by atoms with E-state index in [1.807, 2.05) is 0 Å². The average molecular weight is 295 g/mol. The van der Waals surface area contributed by atoms with Crippen LogP contribution in [0.4, 0.5) is 13.2 Å². The smallest absolute Gasteiger partial charge is 0.347 e. The Kier molecular flexibility index (Phi) is 5.01. The maximum atomic E-state index is 12.6. The highest BCUT2D eigenvalue weighted by Gasteiger charge is 2.43. The molecule has 2 N–H and O–H groups in total. The molecule has 0 saturated heterocycles. The number of nitrogens with zero attached hydrogens (tertiary/aromatic N) is 2. The number of alkyl halides is 3. The van der Waals surface area contributed by atoms with Crippen LogP contribution in [0.3, 0.4) is 0 Å². The van der Waals surface area contributed by atoms with E-state index < -0.39 is 36.6 Å². The molecule has 0 atom stereocenters. The van der Waals surface area contributed by atoms with E-state index in [0.29, 0.717) is 30.6 Å². The Bertz CT molecular complexity index is 377. The molecular weight excluding hydrogens is 275 g/mol. The molecule has 0 spiro atoms. The summed E-state index contributed by atoms with van der Waals surface area (Å²) in [6.07, 6.45) is -2.42. The second-order valence-corrected chi connectivity index (χ2v) is 5.43. The van der Waals surface area contributed by atoms with Crippen molar-refractivity contribution >= 4 is 11.8 Å². The van der Waals surface area contributed by atoms with Gasteiger partial charge in [0.15, 0.2) is 0 Å². The Morgan fingerprint density at radius 1 is 1.20 bits per heavy atom. The summed E-state index contributed by atoms with van der Waals surface area (Å²) < 4.78 is 37.7. The standard InChI is InChI=1S/C12H20F3N3O2/c1-17(2)9(19)7-18(8-12(13,14)15)10(20)11(16)5-3-4-6-11/h3-8,16H2,1-2H3. The Hall–Kier alpha value is -1.31. The molecule has 0 aromatic rings. The second kappa shape index (κ2) is 5.99. The largest absolute Gasteiger partial charge is 0.406 e. The molecule has 0 aliphatic heterocycles. The number of hydrogen-bond acceptors (Lipinski definition) is 3. The maximum Gasteiger partial charge on any atom is 0.406 e. The maximum absolute atomic E-state index is 12.6. The van der Waals surface area contributed by atoms with Crippen molar-refractivity contribution in [2.75, 3.05) is 27.2 Å². The molecule has 0 aromatic heterocycles. The first-order chi connectivity index (χ1) is 9.05. The zero-order valence-electron chi connectivity index (χ0n) is 11.7. The highest BCUT2D eigenvalue weighted by Crippen LogP contribution is 2.30. The molecule has 0 heterocycles. The monoisotopic (exact) mass is 295 g/mol.